The predicted octanol–water partition coefficient (Wildman–Crippen LogP) is -0.697. The van der Waals surface area contributed by atoms with E-state index >= 15 is 0 Å². The van der Waals surface area contributed by atoms with Crippen LogP contribution in [0.5, 0.6) is 0 Å². The van der Waals surface area contributed by atoms with Crippen molar-refractivity contribution >= 4 is 16.3 Å². The van der Waals surface area contributed by atoms with E-state index in [1.807, 2.05) is 0 Å². The molecular weight excluding hydrogens is 222 g/mol. The summed E-state index contributed by atoms with van der Waals surface area (Å²) in [6, 6.07) is -0.331. The third kappa shape index (κ3) is 8.16. The van der Waals surface area contributed by atoms with E-state index in [1.165, 1.54) is 0 Å². The van der Waals surface area contributed by atoms with Gasteiger partial charge in [0.15, 0.2) is 0 Å². The van der Waals surface area contributed by atoms with Crippen LogP contribution in [-0.4, -0.2) is 33.2 Å². The number of rotatable bonds is 5. The summed E-state index contributed by atoms with van der Waals surface area (Å²) in [4.78, 5) is 10.9. The van der Waals surface area contributed by atoms with E-state index in [0.29, 0.717) is 0 Å². The highest BCUT2D eigenvalue weighted by atomic mass is 32.2. The van der Waals surface area contributed by atoms with Crippen molar-refractivity contribution in [2.75, 3.05) is 6.54 Å². The molecule has 0 aliphatic rings. The van der Waals surface area contributed by atoms with Gasteiger partial charge in [-0.3, -0.25) is 0 Å². The molecule has 0 bridgehead atoms. The summed E-state index contributed by atoms with van der Waals surface area (Å²) >= 11 is 0. The SMILES string of the molecule is CC(N)CNS(=O)(=O)NC(=O)OC(C)C. The molecule has 0 aromatic rings. The van der Waals surface area contributed by atoms with E-state index in [-0.39, 0.29) is 18.7 Å². The van der Waals surface area contributed by atoms with E-state index in [2.05, 4.69) is 9.46 Å². The number of carbonyl (C=O) groups excluding carboxylic acids is 1. The third-order valence-corrected chi connectivity index (χ3v) is 2.14. The average Bonchev–Trinajstić information content (AvgIpc) is 1.98. The van der Waals surface area contributed by atoms with Gasteiger partial charge in [-0.2, -0.15) is 13.1 Å². The fraction of sp³-hybridized carbons (Fsp3) is 0.857. The van der Waals surface area contributed by atoms with Crippen LogP contribution in [0.15, 0.2) is 0 Å². The maximum atomic E-state index is 11.1. The Hall–Kier alpha value is -0.860. The van der Waals surface area contributed by atoms with Gasteiger partial charge in [0.2, 0.25) is 0 Å². The van der Waals surface area contributed by atoms with Crippen molar-refractivity contribution in [2.45, 2.75) is 32.9 Å². The van der Waals surface area contributed by atoms with Crippen LogP contribution >= 0.6 is 0 Å². The highest BCUT2D eigenvalue weighted by Gasteiger charge is 2.15. The molecule has 4 N–H and O–H groups in total. The Morgan fingerprint density at radius 2 is 1.93 bits per heavy atom. The lowest BCUT2D eigenvalue weighted by atomic mass is 10.4. The lowest BCUT2D eigenvalue weighted by molar-refractivity contribution is 0.121. The van der Waals surface area contributed by atoms with Crippen LogP contribution in [0.1, 0.15) is 20.8 Å². The summed E-state index contributed by atoms with van der Waals surface area (Å²) in [7, 11) is -3.88. The molecule has 8 heteroatoms. The molecule has 90 valence electrons. The smallest absolute Gasteiger partial charge is 0.422 e. The summed E-state index contributed by atoms with van der Waals surface area (Å²) < 4.78 is 30.7. The van der Waals surface area contributed by atoms with Crippen molar-refractivity contribution < 1.29 is 17.9 Å². The topological polar surface area (TPSA) is 111 Å². The van der Waals surface area contributed by atoms with Crippen LogP contribution in [0, 0.1) is 0 Å². The lowest BCUT2D eigenvalue weighted by Gasteiger charge is -2.11. The van der Waals surface area contributed by atoms with Crippen LogP contribution in [0.2, 0.25) is 0 Å². The molecule has 1 amide bonds. The minimum atomic E-state index is -3.88. The predicted molar refractivity (Wildman–Crippen MR) is 55.3 cm³/mol. The normalized spacial score (nSPS) is 13.7. The number of amides is 1. The zero-order chi connectivity index (χ0) is 12.1. The first-order chi connectivity index (χ1) is 6.73. The van der Waals surface area contributed by atoms with Gasteiger partial charge in [-0.25, -0.2) is 9.52 Å². The molecule has 0 saturated carbocycles. The Bertz CT molecular complexity index is 299. The molecule has 0 aliphatic heterocycles. The monoisotopic (exact) mass is 239 g/mol. The van der Waals surface area contributed by atoms with Gasteiger partial charge in [-0.15, -0.1) is 0 Å². The van der Waals surface area contributed by atoms with Gasteiger partial charge in [-0.1, -0.05) is 0 Å². The maximum absolute atomic E-state index is 11.1. The second-order valence-electron chi connectivity index (χ2n) is 3.39. The van der Waals surface area contributed by atoms with Gasteiger partial charge in [0.25, 0.3) is 0 Å². The van der Waals surface area contributed by atoms with Crippen molar-refractivity contribution in [1.29, 1.82) is 0 Å². The second kappa shape index (κ2) is 5.89. The van der Waals surface area contributed by atoms with Gasteiger partial charge in [0, 0.05) is 12.6 Å². The average molecular weight is 239 g/mol. The molecule has 0 aromatic carbocycles. The van der Waals surface area contributed by atoms with Crippen molar-refractivity contribution in [3.8, 4) is 0 Å². The molecule has 0 saturated heterocycles. The first kappa shape index (κ1) is 14.1. The Labute approximate surface area is 89.5 Å². The second-order valence-corrected chi connectivity index (χ2v) is 4.88. The number of ether oxygens (including phenoxy) is 1. The lowest BCUT2D eigenvalue weighted by Crippen LogP contribution is -2.44. The van der Waals surface area contributed by atoms with E-state index < -0.39 is 16.3 Å². The largest absolute Gasteiger partial charge is 0.446 e. The molecule has 0 aliphatic carbocycles. The van der Waals surface area contributed by atoms with E-state index in [4.69, 9.17) is 5.73 Å². The highest BCUT2D eigenvalue weighted by molar-refractivity contribution is 7.88. The zero-order valence-corrected chi connectivity index (χ0v) is 9.80. The Kier molecular flexibility index (Phi) is 5.55. The van der Waals surface area contributed by atoms with Gasteiger partial charge < -0.3 is 10.5 Å². The third-order valence-electron chi connectivity index (χ3n) is 1.16. The molecule has 15 heavy (non-hydrogen) atoms. The van der Waals surface area contributed by atoms with Gasteiger partial charge in [-0.05, 0) is 20.8 Å². The zero-order valence-electron chi connectivity index (χ0n) is 8.98. The van der Waals surface area contributed by atoms with Crippen LogP contribution < -0.4 is 15.2 Å². The van der Waals surface area contributed by atoms with Gasteiger partial charge >= 0.3 is 16.3 Å². The summed E-state index contributed by atoms with van der Waals surface area (Å²) in [5, 5.41) is 0. The molecule has 0 spiro atoms. The van der Waals surface area contributed by atoms with Gasteiger partial charge in [0.05, 0.1) is 6.10 Å². The maximum Gasteiger partial charge on any atom is 0.422 e. The fourth-order valence-electron chi connectivity index (χ4n) is 0.625. The molecule has 7 nitrogen and oxygen atoms in total. The molecule has 0 rings (SSSR count). The number of nitrogens with two attached hydrogens (primary N) is 1. The molecule has 0 fully saturated rings. The first-order valence-electron chi connectivity index (χ1n) is 4.46. The molecule has 0 radical (unpaired) electrons. The van der Waals surface area contributed by atoms with Crippen LogP contribution in [-0.2, 0) is 14.9 Å². The van der Waals surface area contributed by atoms with Crippen LogP contribution in [0.3, 0.4) is 0 Å². The number of hydrogen-bond acceptors (Lipinski definition) is 5. The summed E-state index contributed by atoms with van der Waals surface area (Å²) in [6.07, 6.45) is -1.39. The van der Waals surface area contributed by atoms with Crippen LogP contribution in [0.25, 0.3) is 0 Å². The number of nitrogens with one attached hydrogen (secondary N) is 2. The molecule has 0 aromatic heterocycles. The van der Waals surface area contributed by atoms with E-state index in [9.17, 15) is 13.2 Å². The summed E-state index contributed by atoms with van der Waals surface area (Å²) in [6.45, 7) is 4.91. The van der Waals surface area contributed by atoms with Gasteiger partial charge in [0.1, 0.15) is 0 Å². The van der Waals surface area contributed by atoms with Crippen molar-refractivity contribution in [3.63, 3.8) is 0 Å². The fourth-order valence-corrected chi connectivity index (χ4v) is 1.45. The van der Waals surface area contributed by atoms with Crippen molar-refractivity contribution in [1.82, 2.24) is 9.44 Å². The minimum Gasteiger partial charge on any atom is -0.446 e. The first-order valence-corrected chi connectivity index (χ1v) is 5.95. The number of hydrogen-bond donors (Lipinski definition) is 3. The molecule has 0 heterocycles. The Morgan fingerprint density at radius 1 is 1.40 bits per heavy atom. The van der Waals surface area contributed by atoms with Crippen molar-refractivity contribution in [3.05, 3.63) is 0 Å². The Balaban J connectivity index is 4.09. The summed E-state index contributed by atoms with van der Waals surface area (Å²) in [5.41, 5.74) is 5.34. The molecule has 1 atom stereocenters. The summed E-state index contributed by atoms with van der Waals surface area (Å²) in [5.74, 6) is 0. The standard InChI is InChI=1S/C7H17N3O4S/c1-5(2)14-7(11)10-15(12,13)9-4-6(3)8/h5-6,9H,4,8H2,1-3H3,(H,10,11). The minimum absolute atomic E-state index is 0.0459. The molecular formula is C7H17N3O4S. The van der Waals surface area contributed by atoms with E-state index in [1.54, 1.807) is 25.5 Å². The van der Waals surface area contributed by atoms with E-state index in [0.717, 1.165) is 0 Å². The quantitative estimate of drug-likeness (QED) is 0.587. The van der Waals surface area contributed by atoms with Crippen LogP contribution in [0.4, 0.5) is 4.79 Å². The Morgan fingerprint density at radius 3 is 2.33 bits per heavy atom. The highest BCUT2D eigenvalue weighted by Crippen LogP contribution is 1.89. The number of carbonyl (C=O) groups is 1. The molecule has 1 unspecified atom stereocenters. The van der Waals surface area contributed by atoms with Crippen molar-refractivity contribution in [2.24, 2.45) is 5.73 Å².